The molecule has 1 aliphatic heterocycles. The molecule has 2 rings (SSSR count). The molecule has 0 aromatic heterocycles. The van der Waals surface area contributed by atoms with Gasteiger partial charge in [-0.3, -0.25) is 4.79 Å². The summed E-state index contributed by atoms with van der Waals surface area (Å²) in [6.07, 6.45) is 0.381. The standard InChI is InChI=1S/C15H16F3NO3/c1-2-3-6-22-15(21)19-8-9(7-12(19)20)13-10(16)4-5-11(17)14(13)18/h4-5,9H,2-3,6-8H2,1H3. The van der Waals surface area contributed by atoms with Gasteiger partial charge in [-0.25, -0.2) is 22.9 Å². The summed E-state index contributed by atoms with van der Waals surface area (Å²) in [7, 11) is 0. The average molecular weight is 315 g/mol. The first-order valence-corrected chi connectivity index (χ1v) is 7.06. The number of rotatable bonds is 4. The van der Waals surface area contributed by atoms with Crippen LogP contribution in [0, 0.1) is 17.5 Å². The van der Waals surface area contributed by atoms with E-state index in [1.165, 1.54) is 0 Å². The minimum Gasteiger partial charge on any atom is -0.449 e. The summed E-state index contributed by atoms with van der Waals surface area (Å²) in [5.41, 5.74) is -0.503. The van der Waals surface area contributed by atoms with Crippen molar-refractivity contribution in [2.75, 3.05) is 13.2 Å². The third kappa shape index (κ3) is 3.23. The van der Waals surface area contributed by atoms with E-state index in [4.69, 9.17) is 4.74 Å². The van der Waals surface area contributed by atoms with Crippen LogP contribution in [-0.4, -0.2) is 30.1 Å². The van der Waals surface area contributed by atoms with E-state index >= 15 is 0 Å². The molecule has 7 heteroatoms. The molecule has 1 fully saturated rings. The fourth-order valence-electron chi connectivity index (χ4n) is 2.38. The molecule has 1 heterocycles. The molecule has 1 saturated heterocycles. The maximum absolute atomic E-state index is 13.8. The first-order valence-electron chi connectivity index (χ1n) is 7.06. The van der Waals surface area contributed by atoms with Crippen LogP contribution in [0.3, 0.4) is 0 Å². The highest BCUT2D eigenvalue weighted by Gasteiger charge is 2.38. The van der Waals surface area contributed by atoms with Gasteiger partial charge in [-0.1, -0.05) is 13.3 Å². The van der Waals surface area contributed by atoms with Crippen molar-refractivity contribution in [3.8, 4) is 0 Å². The van der Waals surface area contributed by atoms with Crippen LogP contribution >= 0.6 is 0 Å². The number of carbonyl (C=O) groups excluding carboxylic acids is 2. The van der Waals surface area contributed by atoms with Crippen LogP contribution in [0.5, 0.6) is 0 Å². The van der Waals surface area contributed by atoms with E-state index in [1.807, 2.05) is 6.92 Å². The summed E-state index contributed by atoms with van der Waals surface area (Å²) in [6.45, 7) is 1.87. The molecule has 0 N–H and O–H groups in total. The van der Waals surface area contributed by atoms with Crippen molar-refractivity contribution in [2.24, 2.45) is 0 Å². The van der Waals surface area contributed by atoms with Gasteiger partial charge in [0.15, 0.2) is 11.6 Å². The first-order chi connectivity index (χ1) is 10.5. The van der Waals surface area contributed by atoms with E-state index in [2.05, 4.69) is 0 Å². The monoisotopic (exact) mass is 315 g/mol. The van der Waals surface area contributed by atoms with Gasteiger partial charge in [0.2, 0.25) is 5.91 Å². The molecule has 22 heavy (non-hydrogen) atoms. The normalized spacial score (nSPS) is 17.9. The summed E-state index contributed by atoms with van der Waals surface area (Å²) >= 11 is 0. The van der Waals surface area contributed by atoms with Crippen molar-refractivity contribution in [2.45, 2.75) is 32.1 Å². The zero-order chi connectivity index (χ0) is 16.3. The van der Waals surface area contributed by atoms with Crippen LogP contribution < -0.4 is 0 Å². The Morgan fingerprint density at radius 2 is 2.00 bits per heavy atom. The highest BCUT2D eigenvalue weighted by atomic mass is 19.2. The van der Waals surface area contributed by atoms with E-state index in [-0.39, 0.29) is 19.6 Å². The summed E-state index contributed by atoms with van der Waals surface area (Å²) < 4.78 is 45.6. The van der Waals surface area contributed by atoms with Crippen molar-refractivity contribution >= 4 is 12.0 Å². The van der Waals surface area contributed by atoms with Crippen molar-refractivity contribution in [1.82, 2.24) is 4.90 Å². The molecule has 2 amide bonds. The number of benzene rings is 1. The molecule has 1 unspecified atom stereocenters. The Balaban J connectivity index is 2.13. The Morgan fingerprint density at radius 1 is 1.32 bits per heavy atom. The van der Waals surface area contributed by atoms with Gasteiger partial charge in [-0.15, -0.1) is 0 Å². The summed E-state index contributed by atoms with van der Waals surface area (Å²) in [4.78, 5) is 24.4. The van der Waals surface area contributed by atoms with Crippen molar-refractivity contribution in [1.29, 1.82) is 0 Å². The molecule has 1 aromatic rings. The number of ether oxygens (including phenoxy) is 1. The first kappa shape index (κ1) is 16.3. The van der Waals surface area contributed by atoms with Crippen LogP contribution in [-0.2, 0) is 9.53 Å². The topological polar surface area (TPSA) is 46.6 Å². The molecule has 4 nitrogen and oxygen atoms in total. The number of nitrogens with zero attached hydrogens (tertiary/aromatic N) is 1. The minimum absolute atomic E-state index is 0.173. The van der Waals surface area contributed by atoms with Gasteiger partial charge in [0.25, 0.3) is 0 Å². The van der Waals surface area contributed by atoms with Crippen LogP contribution in [0.1, 0.15) is 37.7 Å². The Bertz CT molecular complexity index is 592. The number of carbonyl (C=O) groups is 2. The predicted octanol–water partition coefficient (Wildman–Crippen LogP) is 3.36. The van der Waals surface area contributed by atoms with Gasteiger partial charge in [-0.2, -0.15) is 0 Å². The smallest absolute Gasteiger partial charge is 0.416 e. The lowest BCUT2D eigenvalue weighted by molar-refractivity contribution is -0.126. The highest BCUT2D eigenvalue weighted by Crippen LogP contribution is 2.33. The lowest BCUT2D eigenvalue weighted by Crippen LogP contribution is -2.33. The predicted molar refractivity (Wildman–Crippen MR) is 71.6 cm³/mol. The lowest BCUT2D eigenvalue weighted by atomic mass is 9.97. The maximum atomic E-state index is 13.8. The molecule has 0 aliphatic carbocycles. The van der Waals surface area contributed by atoms with Gasteiger partial charge < -0.3 is 4.74 Å². The molecule has 1 aliphatic rings. The molecular formula is C15H16F3NO3. The largest absolute Gasteiger partial charge is 0.449 e. The molecule has 1 aromatic carbocycles. The van der Waals surface area contributed by atoms with E-state index in [9.17, 15) is 22.8 Å². The fraction of sp³-hybridized carbons (Fsp3) is 0.467. The van der Waals surface area contributed by atoms with Crippen molar-refractivity contribution in [3.63, 3.8) is 0 Å². The Hall–Kier alpha value is -2.05. The number of halogens is 3. The van der Waals surface area contributed by atoms with E-state index < -0.39 is 40.9 Å². The summed E-state index contributed by atoms with van der Waals surface area (Å²) in [5.74, 6) is -4.94. The van der Waals surface area contributed by atoms with E-state index in [1.54, 1.807) is 0 Å². The number of hydrogen-bond donors (Lipinski definition) is 0. The third-order valence-electron chi connectivity index (χ3n) is 3.56. The zero-order valence-electron chi connectivity index (χ0n) is 12.1. The number of likely N-dealkylation sites (tertiary alicyclic amines) is 1. The van der Waals surface area contributed by atoms with Gasteiger partial charge in [0.05, 0.1) is 6.61 Å². The number of amides is 2. The second-order valence-corrected chi connectivity index (χ2v) is 5.13. The third-order valence-corrected chi connectivity index (χ3v) is 3.56. The van der Waals surface area contributed by atoms with Crippen LogP contribution in [0.4, 0.5) is 18.0 Å². The SMILES string of the molecule is CCCCOC(=O)N1CC(c2c(F)ccc(F)c2F)CC1=O. The number of unbranched alkanes of at least 4 members (excludes halogenated alkanes) is 1. The molecule has 120 valence electrons. The molecule has 0 radical (unpaired) electrons. The summed E-state index contributed by atoms with van der Waals surface area (Å²) in [5, 5.41) is 0. The second-order valence-electron chi connectivity index (χ2n) is 5.13. The van der Waals surface area contributed by atoms with Gasteiger partial charge in [0.1, 0.15) is 5.82 Å². The number of hydrogen-bond acceptors (Lipinski definition) is 3. The fourth-order valence-corrected chi connectivity index (χ4v) is 2.38. The second kappa shape index (κ2) is 6.81. The molecule has 1 atom stereocenters. The average Bonchev–Trinajstić information content (AvgIpc) is 2.85. The Labute approximate surface area is 125 Å². The molecule has 0 bridgehead atoms. The van der Waals surface area contributed by atoms with Gasteiger partial charge in [0, 0.05) is 24.4 Å². The van der Waals surface area contributed by atoms with Crippen molar-refractivity contribution in [3.05, 3.63) is 35.1 Å². The van der Waals surface area contributed by atoms with E-state index in [0.717, 1.165) is 17.4 Å². The van der Waals surface area contributed by atoms with Crippen LogP contribution in [0.2, 0.25) is 0 Å². The quantitative estimate of drug-likeness (QED) is 0.632. The Kier molecular flexibility index (Phi) is 5.05. The molecule has 0 saturated carbocycles. The maximum Gasteiger partial charge on any atom is 0.416 e. The molecular weight excluding hydrogens is 299 g/mol. The van der Waals surface area contributed by atoms with E-state index in [0.29, 0.717) is 12.5 Å². The van der Waals surface area contributed by atoms with Gasteiger partial charge in [-0.05, 0) is 18.6 Å². The minimum atomic E-state index is -1.32. The molecule has 0 spiro atoms. The van der Waals surface area contributed by atoms with Crippen LogP contribution in [0.25, 0.3) is 0 Å². The highest BCUT2D eigenvalue weighted by molar-refractivity contribution is 5.94. The van der Waals surface area contributed by atoms with Crippen molar-refractivity contribution < 1.29 is 27.5 Å². The van der Waals surface area contributed by atoms with Gasteiger partial charge >= 0.3 is 6.09 Å². The van der Waals surface area contributed by atoms with Crippen LogP contribution in [0.15, 0.2) is 12.1 Å². The summed E-state index contributed by atoms with van der Waals surface area (Å²) in [6, 6.07) is 1.49. The lowest BCUT2D eigenvalue weighted by Gasteiger charge is -2.15. The Morgan fingerprint density at radius 3 is 2.68 bits per heavy atom. The zero-order valence-corrected chi connectivity index (χ0v) is 12.1. The number of imide groups is 1.